The Balaban J connectivity index is 1.76. The number of ether oxygens (including phenoxy) is 1. The highest BCUT2D eigenvalue weighted by atomic mass is 16.5. The summed E-state index contributed by atoms with van der Waals surface area (Å²) in [5.41, 5.74) is -0.806. The molecule has 18 heavy (non-hydrogen) atoms. The first-order valence-corrected chi connectivity index (χ1v) is 6.29. The van der Waals surface area contributed by atoms with Gasteiger partial charge in [0.05, 0.1) is 0 Å². The van der Waals surface area contributed by atoms with Gasteiger partial charge in [0.15, 0.2) is 0 Å². The highest BCUT2D eigenvalue weighted by molar-refractivity contribution is 5.79. The molecule has 98 valence electrons. The van der Waals surface area contributed by atoms with Crippen LogP contribution in [0, 0.1) is 5.92 Å². The SMILES string of the molecule is CC(NCCOc1ccccc1)(C(=O)O)C1CC1. The molecule has 1 aliphatic carbocycles. The maximum absolute atomic E-state index is 11.3. The summed E-state index contributed by atoms with van der Waals surface area (Å²) < 4.78 is 5.53. The molecule has 4 nitrogen and oxygen atoms in total. The number of carboxylic acid groups (broad SMARTS) is 1. The summed E-state index contributed by atoms with van der Waals surface area (Å²) in [6.07, 6.45) is 1.99. The molecule has 0 saturated heterocycles. The Morgan fingerprint density at radius 2 is 2.11 bits per heavy atom. The number of carboxylic acids is 1. The van der Waals surface area contributed by atoms with Crippen LogP contribution >= 0.6 is 0 Å². The van der Waals surface area contributed by atoms with E-state index in [1.165, 1.54) is 0 Å². The summed E-state index contributed by atoms with van der Waals surface area (Å²) in [4.78, 5) is 11.3. The first-order valence-electron chi connectivity index (χ1n) is 6.29. The Morgan fingerprint density at radius 3 is 2.67 bits per heavy atom. The third-order valence-corrected chi connectivity index (χ3v) is 3.44. The molecule has 0 amide bonds. The van der Waals surface area contributed by atoms with Gasteiger partial charge >= 0.3 is 5.97 Å². The van der Waals surface area contributed by atoms with E-state index in [9.17, 15) is 9.90 Å². The monoisotopic (exact) mass is 249 g/mol. The van der Waals surface area contributed by atoms with Crippen molar-refractivity contribution in [1.29, 1.82) is 0 Å². The van der Waals surface area contributed by atoms with E-state index in [1.54, 1.807) is 6.92 Å². The van der Waals surface area contributed by atoms with E-state index in [0.717, 1.165) is 18.6 Å². The third kappa shape index (κ3) is 3.01. The van der Waals surface area contributed by atoms with Crippen molar-refractivity contribution in [3.63, 3.8) is 0 Å². The van der Waals surface area contributed by atoms with Crippen molar-refractivity contribution < 1.29 is 14.6 Å². The number of aliphatic carboxylic acids is 1. The Hall–Kier alpha value is -1.55. The van der Waals surface area contributed by atoms with E-state index < -0.39 is 11.5 Å². The highest BCUT2D eigenvalue weighted by Crippen LogP contribution is 2.39. The largest absolute Gasteiger partial charge is 0.492 e. The first-order chi connectivity index (χ1) is 8.63. The average Bonchev–Trinajstić information content (AvgIpc) is 3.20. The zero-order valence-electron chi connectivity index (χ0n) is 10.6. The number of rotatable bonds is 7. The molecule has 0 bridgehead atoms. The Morgan fingerprint density at radius 1 is 1.44 bits per heavy atom. The van der Waals surface area contributed by atoms with Crippen LogP contribution in [-0.4, -0.2) is 29.8 Å². The van der Waals surface area contributed by atoms with Gasteiger partial charge in [-0.15, -0.1) is 0 Å². The Bertz CT molecular complexity index is 403. The zero-order valence-corrected chi connectivity index (χ0v) is 10.6. The number of carbonyl (C=O) groups is 1. The lowest BCUT2D eigenvalue weighted by atomic mass is 9.96. The molecule has 1 fully saturated rings. The van der Waals surface area contributed by atoms with Crippen LogP contribution in [0.3, 0.4) is 0 Å². The minimum absolute atomic E-state index is 0.256. The van der Waals surface area contributed by atoms with Crippen LogP contribution in [0.4, 0.5) is 0 Å². The second-order valence-electron chi connectivity index (χ2n) is 4.87. The topological polar surface area (TPSA) is 58.6 Å². The number of nitrogens with one attached hydrogen (secondary N) is 1. The third-order valence-electron chi connectivity index (χ3n) is 3.44. The van der Waals surface area contributed by atoms with Crippen molar-refractivity contribution in [2.24, 2.45) is 5.92 Å². The molecular weight excluding hydrogens is 230 g/mol. The minimum atomic E-state index is -0.806. The van der Waals surface area contributed by atoms with Crippen molar-refractivity contribution in [2.75, 3.05) is 13.2 Å². The second kappa shape index (κ2) is 5.40. The number of para-hydroxylation sites is 1. The second-order valence-corrected chi connectivity index (χ2v) is 4.87. The first kappa shape index (κ1) is 12.9. The maximum atomic E-state index is 11.3. The van der Waals surface area contributed by atoms with Gasteiger partial charge in [-0.25, -0.2) is 0 Å². The lowest BCUT2D eigenvalue weighted by Gasteiger charge is -2.26. The molecular formula is C14H19NO3. The fourth-order valence-corrected chi connectivity index (χ4v) is 2.05. The van der Waals surface area contributed by atoms with E-state index in [2.05, 4.69) is 5.32 Å². The van der Waals surface area contributed by atoms with Crippen molar-refractivity contribution in [1.82, 2.24) is 5.32 Å². The van der Waals surface area contributed by atoms with Crippen molar-refractivity contribution in [3.8, 4) is 5.75 Å². The highest BCUT2D eigenvalue weighted by Gasteiger charge is 2.46. The summed E-state index contributed by atoms with van der Waals surface area (Å²) in [7, 11) is 0. The molecule has 0 spiro atoms. The van der Waals surface area contributed by atoms with E-state index in [4.69, 9.17) is 4.74 Å². The van der Waals surface area contributed by atoms with Crippen LogP contribution in [0.15, 0.2) is 30.3 Å². The van der Waals surface area contributed by atoms with Crippen LogP contribution in [0.5, 0.6) is 5.75 Å². The van der Waals surface area contributed by atoms with Gasteiger partial charge in [-0.05, 0) is 37.8 Å². The molecule has 0 aliphatic heterocycles. The molecule has 2 N–H and O–H groups in total. The van der Waals surface area contributed by atoms with E-state index in [1.807, 2.05) is 30.3 Å². The van der Waals surface area contributed by atoms with Crippen LogP contribution in [0.2, 0.25) is 0 Å². The molecule has 1 atom stereocenters. The minimum Gasteiger partial charge on any atom is -0.492 e. The Kier molecular flexibility index (Phi) is 3.87. The van der Waals surface area contributed by atoms with E-state index in [-0.39, 0.29) is 5.92 Å². The summed E-state index contributed by atoms with van der Waals surface area (Å²) in [5, 5.41) is 12.4. The van der Waals surface area contributed by atoms with Crippen molar-refractivity contribution in [3.05, 3.63) is 30.3 Å². The lowest BCUT2D eigenvalue weighted by molar-refractivity contribution is -0.145. The summed E-state index contributed by atoms with van der Waals surface area (Å²) >= 11 is 0. The van der Waals surface area contributed by atoms with Gasteiger partial charge in [0, 0.05) is 6.54 Å². The van der Waals surface area contributed by atoms with Gasteiger partial charge in [-0.1, -0.05) is 18.2 Å². The molecule has 1 aromatic rings. The van der Waals surface area contributed by atoms with E-state index in [0.29, 0.717) is 13.2 Å². The number of hydrogen-bond acceptors (Lipinski definition) is 3. The summed E-state index contributed by atoms with van der Waals surface area (Å²) in [6, 6.07) is 9.52. The van der Waals surface area contributed by atoms with Crippen molar-refractivity contribution >= 4 is 5.97 Å². The van der Waals surface area contributed by atoms with Crippen molar-refractivity contribution in [2.45, 2.75) is 25.3 Å². The van der Waals surface area contributed by atoms with Crippen LogP contribution < -0.4 is 10.1 Å². The molecule has 1 unspecified atom stereocenters. The Labute approximate surface area is 107 Å². The number of hydrogen-bond donors (Lipinski definition) is 2. The van der Waals surface area contributed by atoms with Crippen LogP contribution in [0.25, 0.3) is 0 Å². The predicted molar refractivity (Wildman–Crippen MR) is 68.7 cm³/mol. The number of benzene rings is 1. The maximum Gasteiger partial charge on any atom is 0.323 e. The van der Waals surface area contributed by atoms with Gasteiger partial charge in [-0.2, -0.15) is 0 Å². The molecule has 1 aliphatic rings. The van der Waals surface area contributed by atoms with Gasteiger partial charge in [-0.3, -0.25) is 10.1 Å². The van der Waals surface area contributed by atoms with Gasteiger partial charge in [0.25, 0.3) is 0 Å². The molecule has 0 heterocycles. The molecule has 0 aromatic heterocycles. The standard InChI is InChI=1S/C14H19NO3/c1-14(13(16)17,11-7-8-11)15-9-10-18-12-5-3-2-4-6-12/h2-6,11,15H,7-10H2,1H3,(H,16,17). The summed E-state index contributed by atoms with van der Waals surface area (Å²) in [6.45, 7) is 2.77. The molecule has 4 heteroatoms. The predicted octanol–water partition coefficient (Wildman–Crippen LogP) is 1.91. The quantitative estimate of drug-likeness (QED) is 0.725. The molecule has 2 rings (SSSR count). The van der Waals surface area contributed by atoms with Crippen LogP contribution in [-0.2, 0) is 4.79 Å². The smallest absolute Gasteiger partial charge is 0.323 e. The fourth-order valence-electron chi connectivity index (χ4n) is 2.05. The van der Waals surface area contributed by atoms with Gasteiger partial charge in [0.1, 0.15) is 17.9 Å². The molecule has 1 aromatic carbocycles. The zero-order chi connectivity index (χ0) is 13.0. The fraction of sp³-hybridized carbons (Fsp3) is 0.500. The van der Waals surface area contributed by atoms with E-state index >= 15 is 0 Å². The average molecular weight is 249 g/mol. The molecule has 0 radical (unpaired) electrons. The van der Waals surface area contributed by atoms with Crippen LogP contribution in [0.1, 0.15) is 19.8 Å². The lowest BCUT2D eigenvalue weighted by Crippen LogP contribution is -2.52. The van der Waals surface area contributed by atoms with Gasteiger partial charge in [0.2, 0.25) is 0 Å². The molecule has 1 saturated carbocycles. The normalized spacial score (nSPS) is 18.1. The summed E-state index contributed by atoms with van der Waals surface area (Å²) in [5.74, 6) is 0.291. The van der Waals surface area contributed by atoms with Gasteiger partial charge < -0.3 is 9.84 Å².